The SMILES string of the molecule is CC1c2ccc(C#N)n2CCN1C(=O)OC(C)(C)C. The van der Waals surface area contributed by atoms with Crippen LogP contribution in [0.4, 0.5) is 4.79 Å². The fourth-order valence-corrected chi connectivity index (χ4v) is 2.33. The number of nitriles is 1. The van der Waals surface area contributed by atoms with E-state index in [1.807, 2.05) is 38.3 Å². The van der Waals surface area contributed by atoms with Crippen LogP contribution in [0, 0.1) is 11.3 Å². The molecule has 1 aromatic heterocycles. The highest BCUT2D eigenvalue weighted by Gasteiger charge is 2.31. The van der Waals surface area contributed by atoms with Crippen molar-refractivity contribution in [2.24, 2.45) is 0 Å². The number of ether oxygens (including phenoxy) is 1. The van der Waals surface area contributed by atoms with Crippen molar-refractivity contribution < 1.29 is 9.53 Å². The topological polar surface area (TPSA) is 58.3 Å². The molecule has 0 radical (unpaired) electrons. The maximum atomic E-state index is 12.1. The second kappa shape index (κ2) is 4.61. The normalized spacial score (nSPS) is 18.7. The molecule has 2 heterocycles. The third-order valence-electron chi connectivity index (χ3n) is 3.22. The van der Waals surface area contributed by atoms with Crippen molar-refractivity contribution in [2.75, 3.05) is 6.54 Å². The van der Waals surface area contributed by atoms with Crippen LogP contribution in [0.15, 0.2) is 12.1 Å². The Morgan fingerprint density at radius 1 is 1.42 bits per heavy atom. The van der Waals surface area contributed by atoms with E-state index >= 15 is 0 Å². The van der Waals surface area contributed by atoms with E-state index in [2.05, 4.69) is 6.07 Å². The van der Waals surface area contributed by atoms with Gasteiger partial charge in [0.2, 0.25) is 0 Å². The minimum atomic E-state index is -0.492. The van der Waals surface area contributed by atoms with Crippen LogP contribution in [-0.4, -0.2) is 27.7 Å². The van der Waals surface area contributed by atoms with Crippen molar-refractivity contribution in [1.29, 1.82) is 5.26 Å². The lowest BCUT2D eigenvalue weighted by Gasteiger charge is -2.36. The molecule has 0 aliphatic carbocycles. The molecular weight excluding hydrogens is 242 g/mol. The van der Waals surface area contributed by atoms with Gasteiger partial charge < -0.3 is 9.30 Å². The van der Waals surface area contributed by atoms with Crippen molar-refractivity contribution >= 4 is 6.09 Å². The molecule has 0 saturated carbocycles. The molecule has 1 atom stereocenters. The fraction of sp³-hybridized carbons (Fsp3) is 0.571. The average molecular weight is 261 g/mol. The second-order valence-corrected chi connectivity index (χ2v) is 5.76. The first-order chi connectivity index (χ1) is 8.83. The van der Waals surface area contributed by atoms with Crippen LogP contribution in [0.3, 0.4) is 0 Å². The highest BCUT2D eigenvalue weighted by Crippen LogP contribution is 2.28. The lowest BCUT2D eigenvalue weighted by molar-refractivity contribution is 0.0126. The van der Waals surface area contributed by atoms with Gasteiger partial charge in [-0.25, -0.2) is 4.79 Å². The van der Waals surface area contributed by atoms with E-state index in [1.54, 1.807) is 11.0 Å². The van der Waals surface area contributed by atoms with Crippen LogP contribution in [0.5, 0.6) is 0 Å². The second-order valence-electron chi connectivity index (χ2n) is 5.76. The zero-order chi connectivity index (χ0) is 14.2. The zero-order valence-electron chi connectivity index (χ0n) is 11.8. The van der Waals surface area contributed by atoms with Crippen LogP contribution in [-0.2, 0) is 11.3 Å². The Kier molecular flexibility index (Phi) is 3.27. The molecule has 1 aliphatic rings. The Bertz CT molecular complexity index is 534. The Balaban J connectivity index is 2.20. The molecule has 1 unspecified atom stereocenters. The molecule has 5 nitrogen and oxygen atoms in total. The third kappa shape index (κ3) is 2.58. The van der Waals surface area contributed by atoms with Crippen LogP contribution in [0.25, 0.3) is 0 Å². The van der Waals surface area contributed by atoms with Crippen molar-refractivity contribution in [1.82, 2.24) is 9.47 Å². The summed E-state index contributed by atoms with van der Waals surface area (Å²) >= 11 is 0. The molecule has 0 spiro atoms. The number of aromatic nitrogens is 1. The first-order valence-corrected chi connectivity index (χ1v) is 6.42. The maximum absolute atomic E-state index is 12.1. The molecule has 102 valence electrons. The van der Waals surface area contributed by atoms with Crippen molar-refractivity contribution in [3.8, 4) is 6.07 Å². The molecule has 0 bridgehead atoms. The summed E-state index contributed by atoms with van der Waals surface area (Å²) in [6.07, 6.45) is -0.300. The van der Waals surface area contributed by atoms with Gasteiger partial charge in [-0.15, -0.1) is 0 Å². The molecular formula is C14H19N3O2. The summed E-state index contributed by atoms with van der Waals surface area (Å²) in [5.41, 5.74) is 1.13. The zero-order valence-corrected chi connectivity index (χ0v) is 11.8. The molecule has 0 N–H and O–H groups in total. The van der Waals surface area contributed by atoms with Gasteiger partial charge in [0.25, 0.3) is 0 Å². The Hall–Kier alpha value is -1.96. The Morgan fingerprint density at radius 2 is 2.11 bits per heavy atom. The molecule has 0 aromatic carbocycles. The van der Waals surface area contributed by atoms with Crippen LogP contribution in [0.1, 0.15) is 45.1 Å². The lowest BCUT2D eigenvalue weighted by Crippen LogP contribution is -2.43. The smallest absolute Gasteiger partial charge is 0.410 e. The molecule has 1 aliphatic heterocycles. The number of amides is 1. The summed E-state index contributed by atoms with van der Waals surface area (Å²) < 4.78 is 7.37. The van der Waals surface area contributed by atoms with Crippen LogP contribution >= 0.6 is 0 Å². The predicted octanol–water partition coefficient (Wildman–Crippen LogP) is 2.67. The fourth-order valence-electron chi connectivity index (χ4n) is 2.33. The summed E-state index contributed by atoms with van der Waals surface area (Å²) in [6, 6.07) is 5.79. The van der Waals surface area contributed by atoms with E-state index in [0.717, 1.165) is 5.69 Å². The standard InChI is InChI=1S/C14H19N3O2/c1-10-12-6-5-11(9-15)17(12)8-7-16(10)13(18)19-14(2,3)4/h5-6,10H,7-8H2,1-4H3. The number of hydrogen-bond donors (Lipinski definition) is 0. The molecule has 19 heavy (non-hydrogen) atoms. The summed E-state index contributed by atoms with van der Waals surface area (Å²) in [7, 11) is 0. The monoisotopic (exact) mass is 261 g/mol. The third-order valence-corrected chi connectivity index (χ3v) is 3.22. The number of nitrogens with zero attached hydrogens (tertiary/aromatic N) is 3. The maximum Gasteiger partial charge on any atom is 0.410 e. The van der Waals surface area contributed by atoms with Gasteiger partial charge in [-0.05, 0) is 39.8 Å². The van der Waals surface area contributed by atoms with E-state index in [4.69, 9.17) is 10.00 Å². The Morgan fingerprint density at radius 3 is 2.68 bits per heavy atom. The van der Waals surface area contributed by atoms with Crippen LogP contribution in [0.2, 0.25) is 0 Å². The number of rotatable bonds is 0. The van der Waals surface area contributed by atoms with Gasteiger partial charge in [-0.3, -0.25) is 4.90 Å². The molecule has 1 aromatic rings. The molecule has 2 rings (SSSR count). The van der Waals surface area contributed by atoms with Crippen molar-refractivity contribution in [3.63, 3.8) is 0 Å². The number of carbonyl (C=O) groups excluding carboxylic acids is 1. The minimum Gasteiger partial charge on any atom is -0.444 e. The highest BCUT2D eigenvalue weighted by molar-refractivity contribution is 5.69. The van der Waals surface area contributed by atoms with Gasteiger partial charge in [-0.1, -0.05) is 0 Å². The number of hydrogen-bond acceptors (Lipinski definition) is 3. The van der Waals surface area contributed by atoms with E-state index in [0.29, 0.717) is 18.8 Å². The van der Waals surface area contributed by atoms with Crippen molar-refractivity contribution in [2.45, 2.75) is 45.9 Å². The minimum absolute atomic E-state index is 0.0781. The first kappa shape index (κ1) is 13.5. The highest BCUT2D eigenvalue weighted by atomic mass is 16.6. The molecule has 1 amide bonds. The first-order valence-electron chi connectivity index (χ1n) is 6.42. The van der Waals surface area contributed by atoms with Gasteiger partial charge in [0.1, 0.15) is 17.4 Å². The van der Waals surface area contributed by atoms with Gasteiger partial charge in [-0.2, -0.15) is 5.26 Å². The van der Waals surface area contributed by atoms with Gasteiger partial charge >= 0.3 is 6.09 Å². The Labute approximate surface area is 113 Å². The van der Waals surface area contributed by atoms with Gasteiger partial charge in [0, 0.05) is 18.8 Å². The molecule has 0 fully saturated rings. The van der Waals surface area contributed by atoms with Gasteiger partial charge in [0.05, 0.1) is 6.04 Å². The van der Waals surface area contributed by atoms with Crippen LogP contribution < -0.4 is 0 Å². The summed E-state index contributed by atoms with van der Waals surface area (Å²) in [5, 5.41) is 9.02. The summed E-state index contributed by atoms with van der Waals surface area (Å²) in [5.74, 6) is 0. The van der Waals surface area contributed by atoms with Crippen molar-refractivity contribution in [3.05, 3.63) is 23.5 Å². The average Bonchev–Trinajstić information content (AvgIpc) is 2.70. The number of fused-ring (bicyclic) bond motifs is 1. The van der Waals surface area contributed by atoms with E-state index < -0.39 is 5.60 Å². The van der Waals surface area contributed by atoms with E-state index in [1.165, 1.54) is 0 Å². The molecule has 5 heteroatoms. The largest absolute Gasteiger partial charge is 0.444 e. The lowest BCUT2D eigenvalue weighted by atomic mass is 10.1. The predicted molar refractivity (Wildman–Crippen MR) is 70.5 cm³/mol. The summed E-state index contributed by atoms with van der Waals surface area (Å²) in [4.78, 5) is 13.8. The van der Waals surface area contributed by atoms with E-state index in [-0.39, 0.29) is 12.1 Å². The number of carbonyl (C=O) groups is 1. The molecule has 0 saturated heterocycles. The quantitative estimate of drug-likeness (QED) is 0.721. The van der Waals surface area contributed by atoms with Gasteiger partial charge in [0.15, 0.2) is 0 Å². The summed E-state index contributed by atoms with van der Waals surface area (Å²) in [6.45, 7) is 8.72. The van der Waals surface area contributed by atoms with E-state index in [9.17, 15) is 4.79 Å².